The first kappa shape index (κ1) is 16.9. The largest absolute Gasteiger partial charge is 0.378 e. The van der Waals surface area contributed by atoms with E-state index >= 15 is 0 Å². The van der Waals surface area contributed by atoms with Crippen molar-refractivity contribution in [3.63, 3.8) is 0 Å². The molecule has 0 aromatic heterocycles. The van der Waals surface area contributed by atoms with Crippen molar-refractivity contribution in [3.8, 4) is 0 Å². The molecule has 0 spiro atoms. The van der Waals surface area contributed by atoms with Gasteiger partial charge in [-0.3, -0.25) is 4.90 Å². The van der Waals surface area contributed by atoms with Crippen LogP contribution in [0.5, 0.6) is 0 Å². The van der Waals surface area contributed by atoms with Crippen LogP contribution in [0.1, 0.15) is 38.3 Å². The summed E-state index contributed by atoms with van der Waals surface area (Å²) in [7, 11) is 0. The normalized spacial score (nSPS) is 21.4. The van der Waals surface area contributed by atoms with Crippen molar-refractivity contribution in [2.75, 3.05) is 32.8 Å². The van der Waals surface area contributed by atoms with Crippen molar-refractivity contribution in [1.29, 1.82) is 0 Å². The summed E-state index contributed by atoms with van der Waals surface area (Å²) in [6.07, 6.45) is 2.32. The van der Waals surface area contributed by atoms with Gasteiger partial charge in [0.25, 0.3) is 0 Å². The average Bonchev–Trinajstić information content (AvgIpc) is 2.52. The Kier molecular flexibility index (Phi) is 7.17. The molecule has 3 nitrogen and oxygen atoms in total. The summed E-state index contributed by atoms with van der Waals surface area (Å²) in [4.78, 5) is 2.59. The topological polar surface area (TPSA) is 24.5 Å². The van der Waals surface area contributed by atoms with Gasteiger partial charge in [0.05, 0.1) is 13.2 Å². The van der Waals surface area contributed by atoms with E-state index in [0.717, 1.165) is 43.7 Å². The molecule has 1 heterocycles. The molecule has 2 unspecified atom stereocenters. The highest BCUT2D eigenvalue weighted by molar-refractivity contribution is 9.10. The molecule has 2 atom stereocenters. The van der Waals surface area contributed by atoms with Gasteiger partial charge in [-0.15, -0.1) is 0 Å². The van der Waals surface area contributed by atoms with E-state index < -0.39 is 0 Å². The maximum atomic E-state index is 5.59. The van der Waals surface area contributed by atoms with Crippen LogP contribution in [0.15, 0.2) is 28.7 Å². The first-order valence-electron chi connectivity index (χ1n) is 8.05. The second-order valence-corrected chi connectivity index (χ2v) is 6.54. The minimum atomic E-state index is 0.434. The Morgan fingerprint density at radius 3 is 2.76 bits per heavy atom. The smallest absolute Gasteiger partial charge is 0.0622 e. The summed E-state index contributed by atoms with van der Waals surface area (Å²) < 4.78 is 6.73. The molecule has 0 amide bonds. The third-order valence-electron chi connectivity index (χ3n) is 4.25. The number of halogens is 1. The third-order valence-corrected chi connectivity index (χ3v) is 4.78. The average molecular weight is 355 g/mol. The first-order valence-corrected chi connectivity index (χ1v) is 8.84. The quantitative estimate of drug-likeness (QED) is 0.809. The molecule has 0 aliphatic carbocycles. The molecule has 1 aliphatic heterocycles. The van der Waals surface area contributed by atoms with Crippen LogP contribution >= 0.6 is 15.9 Å². The van der Waals surface area contributed by atoms with Crippen molar-refractivity contribution in [2.24, 2.45) is 0 Å². The molecule has 1 N–H and O–H groups in total. The zero-order chi connectivity index (χ0) is 15.1. The minimum Gasteiger partial charge on any atom is -0.378 e. The van der Waals surface area contributed by atoms with Crippen LogP contribution in [-0.4, -0.2) is 43.8 Å². The SMILES string of the molecule is CCNC(CCN1CCOCC1CC)c1ccc(Br)cc1. The monoisotopic (exact) mass is 354 g/mol. The molecule has 0 radical (unpaired) electrons. The molecule has 4 heteroatoms. The van der Waals surface area contributed by atoms with Gasteiger partial charge in [-0.25, -0.2) is 0 Å². The summed E-state index contributed by atoms with van der Waals surface area (Å²) in [5, 5.41) is 3.62. The van der Waals surface area contributed by atoms with Gasteiger partial charge >= 0.3 is 0 Å². The van der Waals surface area contributed by atoms with Gasteiger partial charge in [0.2, 0.25) is 0 Å². The number of nitrogens with zero attached hydrogens (tertiary/aromatic N) is 1. The van der Waals surface area contributed by atoms with E-state index in [1.165, 1.54) is 12.0 Å². The number of rotatable bonds is 7. The van der Waals surface area contributed by atoms with E-state index in [0.29, 0.717) is 12.1 Å². The highest BCUT2D eigenvalue weighted by Gasteiger charge is 2.22. The Bertz CT molecular complexity index is 410. The maximum Gasteiger partial charge on any atom is 0.0622 e. The summed E-state index contributed by atoms with van der Waals surface area (Å²) in [6, 6.07) is 9.71. The van der Waals surface area contributed by atoms with Crippen molar-refractivity contribution in [3.05, 3.63) is 34.3 Å². The van der Waals surface area contributed by atoms with Gasteiger partial charge in [-0.2, -0.15) is 0 Å². The van der Waals surface area contributed by atoms with Gasteiger partial charge in [0.15, 0.2) is 0 Å². The lowest BCUT2D eigenvalue weighted by molar-refractivity contribution is -0.0100. The van der Waals surface area contributed by atoms with Crippen molar-refractivity contribution in [1.82, 2.24) is 10.2 Å². The number of hydrogen-bond acceptors (Lipinski definition) is 3. The van der Waals surface area contributed by atoms with E-state index in [9.17, 15) is 0 Å². The number of benzene rings is 1. The first-order chi connectivity index (χ1) is 10.2. The molecule has 118 valence electrons. The Hall–Kier alpha value is -0.420. The molecule has 1 aromatic carbocycles. The molecule has 1 fully saturated rings. The molecule has 0 bridgehead atoms. The standard InChI is InChI=1S/C17H27BrN2O/c1-3-16-13-21-12-11-20(16)10-9-17(19-4-2)14-5-7-15(18)8-6-14/h5-8,16-17,19H,3-4,9-13H2,1-2H3. The lowest BCUT2D eigenvalue weighted by Crippen LogP contribution is -2.46. The maximum absolute atomic E-state index is 5.59. The molecular weight excluding hydrogens is 328 g/mol. The van der Waals surface area contributed by atoms with Gasteiger partial charge in [-0.05, 0) is 37.1 Å². The lowest BCUT2D eigenvalue weighted by atomic mass is 10.0. The fraction of sp³-hybridized carbons (Fsp3) is 0.647. The summed E-state index contributed by atoms with van der Waals surface area (Å²) in [6.45, 7) is 9.40. The number of hydrogen-bond donors (Lipinski definition) is 1. The van der Waals surface area contributed by atoms with Gasteiger partial charge in [0, 0.05) is 29.6 Å². The number of ether oxygens (including phenoxy) is 1. The highest BCUT2D eigenvalue weighted by atomic mass is 79.9. The minimum absolute atomic E-state index is 0.434. The molecule has 1 saturated heterocycles. The highest BCUT2D eigenvalue weighted by Crippen LogP contribution is 2.21. The second-order valence-electron chi connectivity index (χ2n) is 5.62. The molecule has 0 saturated carbocycles. The molecular formula is C17H27BrN2O. The van der Waals surface area contributed by atoms with Gasteiger partial charge in [0.1, 0.15) is 0 Å². The lowest BCUT2D eigenvalue weighted by Gasteiger charge is -2.36. The predicted molar refractivity (Wildman–Crippen MR) is 91.6 cm³/mol. The van der Waals surface area contributed by atoms with Crippen LogP contribution in [-0.2, 0) is 4.74 Å². The van der Waals surface area contributed by atoms with Gasteiger partial charge < -0.3 is 10.1 Å². The Morgan fingerprint density at radius 1 is 1.33 bits per heavy atom. The zero-order valence-corrected chi connectivity index (χ0v) is 14.7. The number of morpholine rings is 1. The van der Waals surface area contributed by atoms with Crippen LogP contribution in [0.2, 0.25) is 0 Å². The second kappa shape index (κ2) is 8.89. The van der Waals surface area contributed by atoms with Crippen LogP contribution < -0.4 is 5.32 Å². The van der Waals surface area contributed by atoms with Crippen LogP contribution in [0.4, 0.5) is 0 Å². The van der Waals surface area contributed by atoms with Gasteiger partial charge in [-0.1, -0.05) is 41.9 Å². The Labute approximate surface area is 137 Å². The fourth-order valence-electron chi connectivity index (χ4n) is 2.98. The zero-order valence-electron chi connectivity index (χ0n) is 13.1. The van der Waals surface area contributed by atoms with Crippen molar-refractivity contribution < 1.29 is 4.74 Å². The summed E-state index contributed by atoms with van der Waals surface area (Å²) >= 11 is 3.51. The van der Waals surface area contributed by atoms with Crippen LogP contribution in [0, 0.1) is 0 Å². The third kappa shape index (κ3) is 5.06. The van der Waals surface area contributed by atoms with E-state index in [2.05, 4.69) is 64.3 Å². The van der Waals surface area contributed by atoms with E-state index in [1.807, 2.05) is 0 Å². The van der Waals surface area contributed by atoms with Crippen molar-refractivity contribution in [2.45, 2.75) is 38.8 Å². The molecule has 1 aromatic rings. The van der Waals surface area contributed by atoms with Crippen LogP contribution in [0.25, 0.3) is 0 Å². The molecule has 2 rings (SSSR count). The van der Waals surface area contributed by atoms with E-state index in [1.54, 1.807) is 0 Å². The fourth-order valence-corrected chi connectivity index (χ4v) is 3.25. The number of nitrogens with one attached hydrogen (secondary N) is 1. The summed E-state index contributed by atoms with van der Waals surface area (Å²) in [5.41, 5.74) is 1.38. The van der Waals surface area contributed by atoms with Crippen molar-refractivity contribution >= 4 is 15.9 Å². The van der Waals surface area contributed by atoms with E-state index in [-0.39, 0.29) is 0 Å². The Morgan fingerprint density at radius 2 is 2.10 bits per heavy atom. The summed E-state index contributed by atoms with van der Waals surface area (Å²) in [5.74, 6) is 0. The Balaban J connectivity index is 1.94. The van der Waals surface area contributed by atoms with Crippen LogP contribution in [0.3, 0.4) is 0 Å². The van der Waals surface area contributed by atoms with E-state index in [4.69, 9.17) is 4.74 Å². The predicted octanol–water partition coefficient (Wildman–Crippen LogP) is 3.60. The molecule has 1 aliphatic rings. The molecule has 21 heavy (non-hydrogen) atoms.